The summed E-state index contributed by atoms with van der Waals surface area (Å²) >= 11 is 0. The van der Waals surface area contributed by atoms with Gasteiger partial charge in [-0.25, -0.2) is 0 Å². The highest BCUT2D eigenvalue weighted by Crippen LogP contribution is 2.08. The van der Waals surface area contributed by atoms with Gasteiger partial charge in [-0.15, -0.1) is 0 Å². The zero-order valence-electron chi connectivity index (χ0n) is 19.0. The van der Waals surface area contributed by atoms with E-state index in [0.29, 0.717) is 0 Å². The van der Waals surface area contributed by atoms with Gasteiger partial charge in [0.2, 0.25) is 0 Å². The lowest BCUT2D eigenvalue weighted by atomic mass is 10.2. The zero-order chi connectivity index (χ0) is 20.4. The zero-order valence-corrected chi connectivity index (χ0v) is 19.0. The van der Waals surface area contributed by atoms with Crippen molar-refractivity contribution in [1.82, 2.24) is 24.6 Å². The maximum absolute atomic E-state index is 4.38. The highest BCUT2D eigenvalue weighted by Gasteiger charge is 2.17. The summed E-state index contributed by atoms with van der Waals surface area (Å²) in [6.45, 7) is 22.4. The Morgan fingerprint density at radius 1 is 0.750 bits per heavy atom. The van der Waals surface area contributed by atoms with Gasteiger partial charge in [0.15, 0.2) is 0 Å². The molecule has 0 saturated carbocycles. The Morgan fingerprint density at radius 2 is 1.25 bits per heavy atom. The predicted molar refractivity (Wildman–Crippen MR) is 120 cm³/mol. The molecule has 3 rings (SSSR count). The lowest BCUT2D eigenvalue weighted by Gasteiger charge is -2.35. The molecule has 0 unspecified atom stereocenters. The molecule has 2 aliphatic heterocycles. The van der Waals surface area contributed by atoms with E-state index in [2.05, 4.69) is 71.5 Å². The van der Waals surface area contributed by atoms with E-state index >= 15 is 0 Å². The van der Waals surface area contributed by atoms with Crippen molar-refractivity contribution in [3.63, 3.8) is 0 Å². The molecule has 0 atom stereocenters. The average molecular weight is 390 g/mol. The van der Waals surface area contributed by atoms with Crippen LogP contribution >= 0.6 is 0 Å². The normalized spacial score (nSPS) is 20.4. The van der Waals surface area contributed by atoms with Gasteiger partial charge in [0.05, 0.1) is 5.69 Å². The Kier molecular flexibility index (Phi) is 10.4. The monoisotopic (exact) mass is 389 g/mol. The topological polar surface area (TPSA) is 25.9 Å². The minimum atomic E-state index is 0.775. The van der Waals surface area contributed by atoms with Crippen LogP contribution < -0.4 is 0 Å². The van der Waals surface area contributed by atoms with E-state index in [9.17, 15) is 0 Å². The molecule has 0 spiro atoms. The molecule has 2 fully saturated rings. The minimum absolute atomic E-state index is 0.775. The van der Waals surface area contributed by atoms with Crippen molar-refractivity contribution in [2.24, 2.45) is 11.8 Å². The number of aromatic nitrogens is 1. The van der Waals surface area contributed by atoms with Crippen molar-refractivity contribution in [2.75, 3.05) is 72.5 Å². The summed E-state index contributed by atoms with van der Waals surface area (Å²) in [4.78, 5) is 14.4. The Morgan fingerprint density at radius 3 is 1.71 bits per heavy atom. The Labute approximate surface area is 173 Å². The van der Waals surface area contributed by atoms with Crippen molar-refractivity contribution >= 4 is 0 Å². The van der Waals surface area contributed by atoms with E-state index in [-0.39, 0.29) is 0 Å². The van der Waals surface area contributed by atoms with Crippen LogP contribution in [0, 0.1) is 11.8 Å². The molecule has 2 saturated heterocycles. The largest absolute Gasteiger partial charge is 0.304 e. The second-order valence-corrected chi connectivity index (χ2v) is 9.29. The van der Waals surface area contributed by atoms with Crippen molar-refractivity contribution in [2.45, 2.75) is 34.2 Å². The number of likely N-dealkylation sites (N-methyl/N-ethyl adjacent to an activating group) is 1. The molecule has 5 heteroatoms. The first-order valence-electron chi connectivity index (χ1n) is 11.2. The summed E-state index contributed by atoms with van der Waals surface area (Å²) in [6, 6.07) is 6.15. The number of hydrogen-bond donors (Lipinski definition) is 0. The van der Waals surface area contributed by atoms with Crippen LogP contribution in [-0.2, 0) is 6.54 Å². The van der Waals surface area contributed by atoms with E-state index in [4.69, 9.17) is 0 Å². The first kappa shape index (κ1) is 23.3. The fraction of sp³-hybridized carbons (Fsp3) is 0.783. The van der Waals surface area contributed by atoms with Crippen LogP contribution in [-0.4, -0.2) is 97.1 Å². The van der Waals surface area contributed by atoms with Crippen LogP contribution in [0.2, 0.25) is 0 Å². The van der Waals surface area contributed by atoms with Crippen molar-refractivity contribution < 1.29 is 0 Å². The molecule has 0 bridgehead atoms. The van der Waals surface area contributed by atoms with E-state index in [1.54, 1.807) is 0 Å². The summed E-state index contributed by atoms with van der Waals surface area (Å²) in [6.07, 6.45) is 1.88. The molecule has 0 N–H and O–H groups in total. The number of pyridine rings is 1. The highest BCUT2D eigenvalue weighted by molar-refractivity contribution is 5.03. The third-order valence-electron chi connectivity index (χ3n) is 5.42. The fourth-order valence-electron chi connectivity index (χ4n) is 3.91. The lowest BCUT2D eigenvalue weighted by molar-refractivity contribution is 0.116. The predicted octanol–water partition coefficient (Wildman–Crippen LogP) is 2.75. The molecule has 28 heavy (non-hydrogen) atoms. The third-order valence-corrected chi connectivity index (χ3v) is 5.42. The van der Waals surface area contributed by atoms with Gasteiger partial charge in [0, 0.05) is 78.2 Å². The molecule has 160 valence electrons. The second-order valence-electron chi connectivity index (χ2n) is 9.29. The Bertz CT molecular complexity index is 503. The molecule has 1 aromatic rings. The third kappa shape index (κ3) is 9.46. The summed E-state index contributed by atoms with van der Waals surface area (Å²) in [5.74, 6) is 1.59. The number of rotatable bonds is 6. The van der Waals surface area contributed by atoms with Crippen LogP contribution in [0.5, 0.6) is 0 Å². The first-order chi connectivity index (χ1) is 13.4. The summed E-state index contributed by atoms with van der Waals surface area (Å²) in [5, 5.41) is 0. The lowest BCUT2D eigenvalue weighted by Crippen LogP contribution is -2.46. The van der Waals surface area contributed by atoms with Crippen LogP contribution in [0.15, 0.2) is 24.4 Å². The molecule has 3 heterocycles. The summed E-state index contributed by atoms with van der Waals surface area (Å²) < 4.78 is 0. The van der Waals surface area contributed by atoms with Gasteiger partial charge < -0.3 is 14.7 Å². The van der Waals surface area contributed by atoms with Crippen LogP contribution in [0.3, 0.4) is 0 Å². The molecule has 0 aliphatic carbocycles. The van der Waals surface area contributed by atoms with Gasteiger partial charge in [0.25, 0.3) is 0 Å². The first-order valence-corrected chi connectivity index (χ1v) is 11.2. The van der Waals surface area contributed by atoms with Crippen molar-refractivity contribution in [3.05, 3.63) is 30.1 Å². The SMILES string of the molecule is CC(C)CN1CCN(C)CC1.CC(C)CN1CCN(Cc2ccccn2)CC1. The second kappa shape index (κ2) is 12.5. The van der Waals surface area contributed by atoms with Crippen LogP contribution in [0.25, 0.3) is 0 Å². The van der Waals surface area contributed by atoms with Crippen LogP contribution in [0.4, 0.5) is 0 Å². The van der Waals surface area contributed by atoms with Gasteiger partial charge >= 0.3 is 0 Å². The average Bonchev–Trinajstić information content (AvgIpc) is 2.66. The standard InChI is InChI=1S/C14H23N3.C9H20N2/c1-13(2)11-16-7-9-17(10-8-16)12-14-5-3-4-6-15-14;1-9(2)8-11-6-4-10(3)5-7-11/h3-6,13H,7-12H2,1-2H3;9H,4-8H2,1-3H3. The molecular weight excluding hydrogens is 346 g/mol. The summed E-state index contributed by atoms with van der Waals surface area (Å²) in [7, 11) is 2.20. The molecule has 2 aliphatic rings. The maximum atomic E-state index is 4.38. The Hall–Kier alpha value is -1.01. The molecular formula is C23H43N5. The summed E-state index contributed by atoms with van der Waals surface area (Å²) in [5.41, 5.74) is 1.19. The van der Waals surface area contributed by atoms with Crippen molar-refractivity contribution in [1.29, 1.82) is 0 Å². The smallest absolute Gasteiger partial charge is 0.0543 e. The minimum Gasteiger partial charge on any atom is -0.304 e. The van der Waals surface area contributed by atoms with E-state index in [1.165, 1.54) is 71.1 Å². The van der Waals surface area contributed by atoms with E-state index in [0.717, 1.165) is 18.4 Å². The maximum Gasteiger partial charge on any atom is 0.0543 e. The van der Waals surface area contributed by atoms with Gasteiger partial charge in [-0.2, -0.15) is 0 Å². The molecule has 0 radical (unpaired) electrons. The number of nitrogens with zero attached hydrogens (tertiary/aromatic N) is 5. The number of piperazine rings is 2. The van der Waals surface area contributed by atoms with E-state index < -0.39 is 0 Å². The van der Waals surface area contributed by atoms with E-state index in [1.807, 2.05) is 12.3 Å². The van der Waals surface area contributed by atoms with Gasteiger partial charge in [-0.1, -0.05) is 33.8 Å². The highest BCUT2D eigenvalue weighted by atomic mass is 15.3. The molecule has 0 amide bonds. The Balaban J connectivity index is 0.000000221. The molecule has 5 nitrogen and oxygen atoms in total. The van der Waals surface area contributed by atoms with Crippen molar-refractivity contribution in [3.8, 4) is 0 Å². The van der Waals surface area contributed by atoms with Gasteiger partial charge in [-0.05, 0) is 31.0 Å². The number of hydrogen-bond acceptors (Lipinski definition) is 5. The quantitative estimate of drug-likeness (QED) is 0.745. The molecule has 1 aromatic heterocycles. The van der Waals surface area contributed by atoms with Gasteiger partial charge in [-0.3, -0.25) is 9.88 Å². The fourth-order valence-corrected chi connectivity index (χ4v) is 3.91. The molecule has 0 aromatic carbocycles. The van der Waals surface area contributed by atoms with Crippen LogP contribution in [0.1, 0.15) is 33.4 Å². The van der Waals surface area contributed by atoms with Gasteiger partial charge in [0.1, 0.15) is 0 Å².